The van der Waals surface area contributed by atoms with Crippen molar-refractivity contribution in [3.8, 4) is 0 Å². The van der Waals surface area contributed by atoms with Crippen molar-refractivity contribution in [3.05, 3.63) is 11.2 Å². The van der Waals surface area contributed by atoms with Crippen LogP contribution in [0.4, 0.5) is 0 Å². The lowest BCUT2D eigenvalue weighted by Gasteiger charge is -1.82. The molecule has 1 saturated carbocycles. The molecule has 0 N–H and O–H groups in total. The Balaban J connectivity index is 2.20. The van der Waals surface area contributed by atoms with E-state index in [0.717, 1.165) is 6.42 Å². The minimum Gasteiger partial charge on any atom is -0.412 e. The minimum atomic E-state index is 0.147. The highest BCUT2D eigenvalue weighted by molar-refractivity contribution is 6.27. The zero-order valence-corrected chi connectivity index (χ0v) is 6.30. The van der Waals surface area contributed by atoms with Crippen molar-refractivity contribution in [2.45, 2.75) is 19.3 Å². The van der Waals surface area contributed by atoms with Gasteiger partial charge in [0.25, 0.3) is 0 Å². The fraction of sp³-hybridized carbons (Fsp3) is 0.667. The molecule has 0 aromatic carbocycles. The van der Waals surface area contributed by atoms with Crippen LogP contribution in [0.1, 0.15) is 25.2 Å². The van der Waals surface area contributed by atoms with Crippen LogP contribution in [0.15, 0.2) is 4.42 Å². The average Bonchev–Trinajstić information content (AvgIpc) is 2.42. The van der Waals surface area contributed by atoms with Gasteiger partial charge in [-0.15, -0.1) is 5.10 Å². The summed E-state index contributed by atoms with van der Waals surface area (Å²) in [5.74, 6) is 1.86. The fourth-order valence-corrected chi connectivity index (χ4v) is 1.15. The van der Waals surface area contributed by atoms with Gasteiger partial charge in [0.1, 0.15) is 0 Å². The highest BCUT2D eigenvalue weighted by Gasteiger charge is 2.38. The summed E-state index contributed by atoms with van der Waals surface area (Å²) < 4.78 is 5.02. The molecular formula is C6H7ClN2O. The monoisotopic (exact) mass is 158 g/mol. The summed E-state index contributed by atoms with van der Waals surface area (Å²) in [6, 6.07) is 0. The summed E-state index contributed by atoms with van der Waals surface area (Å²) in [6.07, 6.45) is 1.15. The molecule has 2 atom stereocenters. The van der Waals surface area contributed by atoms with Gasteiger partial charge in [0.05, 0.1) is 0 Å². The Hall–Kier alpha value is -0.570. The summed E-state index contributed by atoms with van der Waals surface area (Å²) in [5, 5.41) is 7.49. The molecule has 1 heterocycles. The Kier molecular flexibility index (Phi) is 1.20. The predicted molar refractivity (Wildman–Crippen MR) is 35.8 cm³/mol. The minimum absolute atomic E-state index is 0.147. The first kappa shape index (κ1) is 6.16. The SMILES string of the molecule is CC1CC1c1nnc(Cl)o1. The van der Waals surface area contributed by atoms with Crippen LogP contribution < -0.4 is 0 Å². The second kappa shape index (κ2) is 1.95. The van der Waals surface area contributed by atoms with Gasteiger partial charge in [-0.25, -0.2) is 0 Å². The van der Waals surface area contributed by atoms with Crippen molar-refractivity contribution in [1.29, 1.82) is 0 Å². The Labute approximate surface area is 63.4 Å². The number of hydrogen-bond acceptors (Lipinski definition) is 3. The van der Waals surface area contributed by atoms with Crippen LogP contribution >= 0.6 is 11.6 Å². The Morgan fingerprint density at radius 3 is 2.70 bits per heavy atom. The second-order valence-corrected chi connectivity index (χ2v) is 3.04. The van der Waals surface area contributed by atoms with Gasteiger partial charge in [-0.05, 0) is 23.9 Å². The molecule has 2 unspecified atom stereocenters. The first-order valence-corrected chi connectivity index (χ1v) is 3.64. The summed E-state index contributed by atoms with van der Waals surface area (Å²) in [7, 11) is 0. The van der Waals surface area contributed by atoms with E-state index < -0.39 is 0 Å². The van der Waals surface area contributed by atoms with Crippen LogP contribution in [0.5, 0.6) is 0 Å². The lowest BCUT2D eigenvalue weighted by atomic mass is 10.3. The third kappa shape index (κ3) is 0.904. The quantitative estimate of drug-likeness (QED) is 0.626. The van der Waals surface area contributed by atoms with E-state index in [4.69, 9.17) is 16.0 Å². The van der Waals surface area contributed by atoms with E-state index in [2.05, 4.69) is 17.1 Å². The van der Waals surface area contributed by atoms with E-state index >= 15 is 0 Å². The van der Waals surface area contributed by atoms with Gasteiger partial charge >= 0.3 is 5.35 Å². The number of halogens is 1. The Morgan fingerprint density at radius 2 is 2.30 bits per heavy atom. The number of aromatic nitrogens is 2. The lowest BCUT2D eigenvalue weighted by Crippen LogP contribution is -1.79. The number of rotatable bonds is 1. The van der Waals surface area contributed by atoms with Gasteiger partial charge in [-0.1, -0.05) is 12.0 Å². The van der Waals surface area contributed by atoms with Crippen LogP contribution in [0.25, 0.3) is 0 Å². The molecule has 0 bridgehead atoms. The number of hydrogen-bond donors (Lipinski definition) is 0. The van der Waals surface area contributed by atoms with E-state index in [1.807, 2.05) is 0 Å². The number of nitrogens with zero attached hydrogens (tertiary/aromatic N) is 2. The summed E-state index contributed by atoms with van der Waals surface area (Å²) in [4.78, 5) is 0. The largest absolute Gasteiger partial charge is 0.412 e. The van der Waals surface area contributed by atoms with Gasteiger partial charge in [-0.2, -0.15) is 0 Å². The molecule has 0 radical (unpaired) electrons. The molecule has 1 aliphatic rings. The van der Waals surface area contributed by atoms with E-state index in [1.165, 1.54) is 0 Å². The standard InChI is InChI=1S/C6H7ClN2O/c1-3-2-4(3)5-8-9-6(7)10-5/h3-4H,2H2,1H3. The molecule has 0 amide bonds. The van der Waals surface area contributed by atoms with E-state index in [0.29, 0.717) is 17.7 Å². The average molecular weight is 159 g/mol. The molecule has 1 aromatic rings. The summed E-state index contributed by atoms with van der Waals surface area (Å²) in [6.45, 7) is 2.16. The molecule has 54 valence electrons. The zero-order valence-electron chi connectivity index (χ0n) is 5.54. The molecule has 0 spiro atoms. The third-order valence-electron chi connectivity index (χ3n) is 1.84. The fourth-order valence-electron chi connectivity index (χ4n) is 1.03. The van der Waals surface area contributed by atoms with E-state index in [9.17, 15) is 0 Å². The van der Waals surface area contributed by atoms with E-state index in [-0.39, 0.29) is 5.35 Å². The van der Waals surface area contributed by atoms with E-state index in [1.54, 1.807) is 0 Å². The van der Waals surface area contributed by atoms with Crippen molar-refractivity contribution in [1.82, 2.24) is 10.2 Å². The molecular weight excluding hydrogens is 152 g/mol. The Morgan fingerprint density at radius 1 is 1.60 bits per heavy atom. The Bertz CT molecular complexity index is 248. The first-order chi connectivity index (χ1) is 4.77. The first-order valence-electron chi connectivity index (χ1n) is 3.26. The topological polar surface area (TPSA) is 38.9 Å². The lowest BCUT2D eigenvalue weighted by molar-refractivity contribution is 0.491. The highest BCUT2D eigenvalue weighted by Crippen LogP contribution is 2.46. The van der Waals surface area contributed by atoms with Gasteiger partial charge in [-0.3, -0.25) is 0 Å². The van der Waals surface area contributed by atoms with Crippen molar-refractivity contribution in [3.63, 3.8) is 0 Å². The summed E-state index contributed by atoms with van der Waals surface area (Å²) >= 11 is 5.44. The molecule has 4 heteroatoms. The molecule has 2 rings (SSSR count). The van der Waals surface area contributed by atoms with Crippen LogP contribution in [-0.2, 0) is 0 Å². The maximum Gasteiger partial charge on any atom is 0.312 e. The molecule has 3 nitrogen and oxygen atoms in total. The van der Waals surface area contributed by atoms with Crippen LogP contribution in [-0.4, -0.2) is 10.2 Å². The summed E-state index contributed by atoms with van der Waals surface area (Å²) in [5.41, 5.74) is 0. The maximum atomic E-state index is 5.44. The molecule has 1 aromatic heterocycles. The van der Waals surface area contributed by atoms with Gasteiger partial charge in [0, 0.05) is 5.92 Å². The van der Waals surface area contributed by atoms with Crippen LogP contribution in [0.3, 0.4) is 0 Å². The highest BCUT2D eigenvalue weighted by atomic mass is 35.5. The van der Waals surface area contributed by atoms with Crippen molar-refractivity contribution in [2.75, 3.05) is 0 Å². The van der Waals surface area contributed by atoms with Gasteiger partial charge < -0.3 is 4.42 Å². The van der Waals surface area contributed by atoms with Gasteiger partial charge in [0.2, 0.25) is 5.89 Å². The second-order valence-electron chi connectivity index (χ2n) is 2.71. The predicted octanol–water partition coefficient (Wildman–Crippen LogP) is 1.85. The van der Waals surface area contributed by atoms with Crippen LogP contribution in [0, 0.1) is 5.92 Å². The molecule has 0 saturated heterocycles. The smallest absolute Gasteiger partial charge is 0.312 e. The van der Waals surface area contributed by atoms with Crippen molar-refractivity contribution < 1.29 is 4.42 Å². The van der Waals surface area contributed by atoms with Crippen molar-refractivity contribution in [2.24, 2.45) is 5.92 Å². The van der Waals surface area contributed by atoms with Crippen LogP contribution in [0.2, 0.25) is 5.35 Å². The molecule has 10 heavy (non-hydrogen) atoms. The van der Waals surface area contributed by atoms with Crippen molar-refractivity contribution >= 4 is 11.6 Å². The molecule has 0 aliphatic heterocycles. The third-order valence-corrected chi connectivity index (χ3v) is 2.00. The zero-order chi connectivity index (χ0) is 7.14. The maximum absolute atomic E-state index is 5.44. The molecule has 1 aliphatic carbocycles. The normalized spacial score (nSPS) is 30.6. The molecule has 1 fully saturated rings. The van der Waals surface area contributed by atoms with Gasteiger partial charge in [0.15, 0.2) is 0 Å².